The van der Waals surface area contributed by atoms with Gasteiger partial charge in [0.15, 0.2) is 5.41 Å². The van der Waals surface area contributed by atoms with E-state index in [-0.39, 0.29) is 5.92 Å². The molecule has 3 heteroatoms. The largest absolute Gasteiger partial charge is 0.480 e. The maximum Gasteiger partial charge on any atom is 0.324 e. The van der Waals surface area contributed by atoms with E-state index >= 15 is 0 Å². The topological polar surface area (TPSA) is 61.1 Å². The van der Waals surface area contributed by atoms with Crippen molar-refractivity contribution >= 4 is 5.97 Å². The predicted octanol–water partition coefficient (Wildman–Crippen LogP) is 1.01. The smallest absolute Gasteiger partial charge is 0.324 e. The van der Waals surface area contributed by atoms with Crippen molar-refractivity contribution in [2.45, 2.75) is 19.8 Å². The first-order valence-electron chi connectivity index (χ1n) is 3.28. The molecule has 1 aliphatic rings. The first kappa shape index (κ1) is 7.07. The van der Waals surface area contributed by atoms with Gasteiger partial charge in [-0.05, 0) is 18.8 Å². The van der Waals surface area contributed by atoms with Crippen molar-refractivity contribution in [1.29, 1.82) is 5.26 Å². The van der Waals surface area contributed by atoms with E-state index in [0.29, 0.717) is 6.42 Å². The molecule has 0 radical (unpaired) electrons. The minimum atomic E-state index is -1.06. The molecule has 0 aliphatic heterocycles. The first-order chi connectivity index (χ1) is 4.63. The molecular weight excluding hydrogens is 130 g/mol. The number of rotatable bonds is 1. The van der Waals surface area contributed by atoms with Gasteiger partial charge in [0.2, 0.25) is 0 Å². The summed E-state index contributed by atoms with van der Waals surface area (Å²) in [6, 6.07) is 1.86. The lowest BCUT2D eigenvalue weighted by atomic mass is 9.62. The third-order valence-electron chi connectivity index (χ3n) is 2.39. The number of carboxylic acids is 1. The number of hydrogen-bond donors (Lipinski definition) is 1. The molecule has 1 aliphatic carbocycles. The van der Waals surface area contributed by atoms with Gasteiger partial charge in [-0.15, -0.1) is 0 Å². The summed E-state index contributed by atoms with van der Waals surface area (Å²) in [6.07, 6.45) is 1.37. The molecule has 0 bridgehead atoms. The standard InChI is InChI=1S/C7H9NO2/c1-5-2-3-7(5,4-8)6(9)10/h5H,2-3H2,1H3,(H,9,10). The van der Waals surface area contributed by atoms with Crippen LogP contribution in [0.25, 0.3) is 0 Å². The molecule has 0 saturated heterocycles. The van der Waals surface area contributed by atoms with Crippen LogP contribution in [-0.4, -0.2) is 11.1 Å². The number of nitrogens with zero attached hydrogens (tertiary/aromatic N) is 1. The van der Waals surface area contributed by atoms with Crippen molar-refractivity contribution in [2.24, 2.45) is 11.3 Å². The third kappa shape index (κ3) is 0.621. The van der Waals surface area contributed by atoms with Gasteiger partial charge in [0.1, 0.15) is 0 Å². The van der Waals surface area contributed by atoms with Crippen LogP contribution in [0, 0.1) is 22.7 Å². The maximum absolute atomic E-state index is 10.5. The molecule has 1 rings (SSSR count). The Morgan fingerprint density at radius 3 is 2.50 bits per heavy atom. The van der Waals surface area contributed by atoms with Gasteiger partial charge < -0.3 is 5.11 Å². The van der Waals surface area contributed by atoms with Crippen LogP contribution in [-0.2, 0) is 4.79 Å². The van der Waals surface area contributed by atoms with Crippen LogP contribution in [0.2, 0.25) is 0 Å². The zero-order chi connectivity index (χ0) is 7.78. The molecule has 10 heavy (non-hydrogen) atoms. The van der Waals surface area contributed by atoms with Gasteiger partial charge in [0, 0.05) is 0 Å². The van der Waals surface area contributed by atoms with Crippen LogP contribution in [0.4, 0.5) is 0 Å². The van der Waals surface area contributed by atoms with E-state index in [1.165, 1.54) is 0 Å². The van der Waals surface area contributed by atoms with Crippen LogP contribution in [0.3, 0.4) is 0 Å². The second kappa shape index (κ2) is 1.98. The summed E-state index contributed by atoms with van der Waals surface area (Å²) in [5.74, 6) is -0.941. The van der Waals surface area contributed by atoms with Crippen molar-refractivity contribution in [1.82, 2.24) is 0 Å². The SMILES string of the molecule is CC1CCC1(C#N)C(=O)O. The average Bonchev–Trinajstić information content (AvgIpc) is 1.86. The van der Waals surface area contributed by atoms with Gasteiger partial charge in [0.05, 0.1) is 6.07 Å². The Balaban J connectivity index is 2.82. The monoisotopic (exact) mass is 139 g/mol. The number of carbonyl (C=O) groups is 1. The van der Waals surface area contributed by atoms with Crippen LogP contribution in [0.1, 0.15) is 19.8 Å². The van der Waals surface area contributed by atoms with Crippen molar-refractivity contribution in [3.63, 3.8) is 0 Å². The van der Waals surface area contributed by atoms with Gasteiger partial charge in [-0.2, -0.15) is 5.26 Å². The Morgan fingerprint density at radius 2 is 2.50 bits per heavy atom. The first-order valence-corrected chi connectivity index (χ1v) is 3.28. The van der Waals surface area contributed by atoms with E-state index in [2.05, 4.69) is 0 Å². The van der Waals surface area contributed by atoms with Crippen molar-refractivity contribution < 1.29 is 9.90 Å². The minimum absolute atomic E-state index is 0.0231. The molecule has 0 aromatic heterocycles. The molecule has 0 spiro atoms. The van der Waals surface area contributed by atoms with Crippen molar-refractivity contribution in [2.75, 3.05) is 0 Å². The summed E-state index contributed by atoms with van der Waals surface area (Å²) in [6.45, 7) is 1.81. The second-order valence-corrected chi connectivity index (χ2v) is 2.83. The maximum atomic E-state index is 10.5. The van der Waals surface area contributed by atoms with E-state index in [0.717, 1.165) is 6.42 Å². The van der Waals surface area contributed by atoms with Crippen LogP contribution < -0.4 is 0 Å². The van der Waals surface area contributed by atoms with E-state index in [4.69, 9.17) is 10.4 Å². The summed E-state index contributed by atoms with van der Waals surface area (Å²) in [4.78, 5) is 10.5. The van der Waals surface area contributed by atoms with Gasteiger partial charge in [-0.25, -0.2) is 0 Å². The lowest BCUT2D eigenvalue weighted by Gasteiger charge is -2.38. The fourth-order valence-electron chi connectivity index (χ4n) is 1.25. The van der Waals surface area contributed by atoms with E-state index < -0.39 is 11.4 Å². The molecular formula is C7H9NO2. The lowest BCUT2D eigenvalue weighted by Crippen LogP contribution is -2.44. The highest BCUT2D eigenvalue weighted by atomic mass is 16.4. The summed E-state index contributed by atoms with van der Waals surface area (Å²) in [5, 5.41) is 17.2. The molecule has 0 aromatic carbocycles. The quantitative estimate of drug-likeness (QED) is 0.589. The van der Waals surface area contributed by atoms with Crippen LogP contribution in [0.15, 0.2) is 0 Å². The van der Waals surface area contributed by atoms with E-state index in [1.807, 2.05) is 6.07 Å². The Kier molecular flexibility index (Phi) is 1.40. The summed E-state index contributed by atoms with van der Waals surface area (Å²) < 4.78 is 0. The Bertz CT molecular complexity index is 206. The fraction of sp³-hybridized carbons (Fsp3) is 0.714. The average molecular weight is 139 g/mol. The molecule has 1 fully saturated rings. The van der Waals surface area contributed by atoms with Gasteiger partial charge >= 0.3 is 5.97 Å². The zero-order valence-corrected chi connectivity index (χ0v) is 5.79. The highest BCUT2D eigenvalue weighted by Gasteiger charge is 2.51. The van der Waals surface area contributed by atoms with Crippen molar-refractivity contribution in [3.8, 4) is 6.07 Å². The van der Waals surface area contributed by atoms with Crippen LogP contribution >= 0.6 is 0 Å². The van der Waals surface area contributed by atoms with Gasteiger partial charge in [0.25, 0.3) is 0 Å². The molecule has 2 unspecified atom stereocenters. The molecule has 0 heterocycles. The lowest BCUT2D eigenvalue weighted by molar-refractivity contribution is -0.153. The second-order valence-electron chi connectivity index (χ2n) is 2.83. The molecule has 3 nitrogen and oxygen atoms in total. The number of nitriles is 1. The molecule has 0 aromatic rings. The Labute approximate surface area is 59.3 Å². The molecule has 1 saturated carbocycles. The van der Waals surface area contributed by atoms with Crippen LogP contribution in [0.5, 0.6) is 0 Å². The Morgan fingerprint density at radius 1 is 1.90 bits per heavy atom. The predicted molar refractivity (Wildman–Crippen MR) is 34.1 cm³/mol. The summed E-state index contributed by atoms with van der Waals surface area (Å²) in [5.41, 5.74) is -1.06. The van der Waals surface area contributed by atoms with Gasteiger partial charge in [-0.1, -0.05) is 6.92 Å². The molecule has 0 amide bonds. The fourth-order valence-corrected chi connectivity index (χ4v) is 1.25. The molecule has 54 valence electrons. The molecule has 1 N–H and O–H groups in total. The van der Waals surface area contributed by atoms with Crippen molar-refractivity contribution in [3.05, 3.63) is 0 Å². The number of aliphatic carboxylic acids is 1. The summed E-state index contributed by atoms with van der Waals surface area (Å²) in [7, 11) is 0. The van der Waals surface area contributed by atoms with E-state index in [1.54, 1.807) is 6.92 Å². The third-order valence-corrected chi connectivity index (χ3v) is 2.39. The number of hydrogen-bond acceptors (Lipinski definition) is 2. The number of carboxylic acid groups (broad SMARTS) is 1. The summed E-state index contributed by atoms with van der Waals surface area (Å²) >= 11 is 0. The normalized spacial score (nSPS) is 37.8. The van der Waals surface area contributed by atoms with Gasteiger partial charge in [-0.3, -0.25) is 4.79 Å². The zero-order valence-electron chi connectivity index (χ0n) is 5.79. The Hall–Kier alpha value is -1.04. The highest BCUT2D eigenvalue weighted by molar-refractivity contribution is 5.79. The highest BCUT2D eigenvalue weighted by Crippen LogP contribution is 2.45. The molecule has 2 atom stereocenters. The minimum Gasteiger partial charge on any atom is -0.480 e. The van der Waals surface area contributed by atoms with E-state index in [9.17, 15) is 4.79 Å².